The van der Waals surface area contributed by atoms with Gasteiger partial charge in [-0.25, -0.2) is 0 Å². The van der Waals surface area contributed by atoms with Crippen LogP contribution in [-0.4, -0.2) is 26.0 Å². The molecule has 0 fully saturated rings. The number of hydrogen-bond donors (Lipinski definition) is 2. The number of rotatable bonds is 7. The second-order valence-electron chi connectivity index (χ2n) is 5.23. The fourth-order valence-electron chi connectivity index (χ4n) is 2.21. The summed E-state index contributed by atoms with van der Waals surface area (Å²) in [6.45, 7) is 0.302. The maximum absolute atomic E-state index is 11.9. The number of hydrogen-bond acceptors (Lipinski definition) is 4. The maximum atomic E-state index is 11.9. The largest absolute Gasteiger partial charge is 0.493 e. The second kappa shape index (κ2) is 8.54. The highest BCUT2D eigenvalue weighted by atomic mass is 16.5. The van der Waals surface area contributed by atoms with E-state index in [-0.39, 0.29) is 5.91 Å². The van der Waals surface area contributed by atoms with E-state index in [1.54, 1.807) is 50.6 Å². The first-order valence-electron chi connectivity index (χ1n) is 7.60. The van der Waals surface area contributed by atoms with Gasteiger partial charge >= 0.3 is 0 Å². The molecule has 2 aromatic carbocycles. The summed E-state index contributed by atoms with van der Waals surface area (Å²) in [4.78, 5) is 23.1. The highest BCUT2D eigenvalue weighted by molar-refractivity contribution is 5.93. The van der Waals surface area contributed by atoms with Crippen LogP contribution in [0.5, 0.6) is 11.5 Å². The third kappa shape index (κ3) is 5.10. The van der Waals surface area contributed by atoms with E-state index in [9.17, 15) is 9.59 Å². The molecule has 0 bridgehead atoms. The van der Waals surface area contributed by atoms with Crippen molar-refractivity contribution in [2.45, 2.75) is 6.54 Å². The van der Waals surface area contributed by atoms with Crippen LogP contribution in [0, 0.1) is 0 Å². The zero-order chi connectivity index (χ0) is 18.2. The Kier molecular flexibility index (Phi) is 6.17. The number of carbonyl (C=O) groups is 2. The molecule has 2 aromatic rings. The second-order valence-corrected chi connectivity index (χ2v) is 5.23. The van der Waals surface area contributed by atoms with Crippen LogP contribution in [0.25, 0.3) is 6.08 Å². The Bertz CT molecular complexity index is 800. The van der Waals surface area contributed by atoms with Crippen molar-refractivity contribution < 1.29 is 19.1 Å². The summed E-state index contributed by atoms with van der Waals surface area (Å²) >= 11 is 0. The molecule has 0 atom stereocenters. The molecule has 0 unspecified atom stereocenters. The Morgan fingerprint density at radius 3 is 2.52 bits per heavy atom. The molecule has 6 nitrogen and oxygen atoms in total. The van der Waals surface area contributed by atoms with Gasteiger partial charge in [-0.15, -0.1) is 0 Å². The highest BCUT2D eigenvalue weighted by Gasteiger charge is 2.04. The smallest absolute Gasteiger partial charge is 0.248 e. The van der Waals surface area contributed by atoms with Crippen molar-refractivity contribution in [1.82, 2.24) is 5.32 Å². The zero-order valence-corrected chi connectivity index (χ0v) is 14.1. The molecule has 0 aliphatic carbocycles. The van der Waals surface area contributed by atoms with Gasteiger partial charge in [-0.2, -0.15) is 0 Å². The predicted molar refractivity (Wildman–Crippen MR) is 95.4 cm³/mol. The van der Waals surface area contributed by atoms with Crippen molar-refractivity contribution >= 4 is 17.9 Å². The van der Waals surface area contributed by atoms with E-state index < -0.39 is 5.91 Å². The third-order valence-electron chi connectivity index (χ3n) is 3.51. The summed E-state index contributed by atoms with van der Waals surface area (Å²) in [7, 11) is 3.12. The molecule has 2 amide bonds. The quantitative estimate of drug-likeness (QED) is 0.756. The fraction of sp³-hybridized carbons (Fsp3) is 0.158. The number of nitrogens with two attached hydrogens (primary N) is 1. The van der Waals surface area contributed by atoms with E-state index in [0.717, 1.165) is 11.1 Å². The molecular formula is C19H20N2O4. The molecule has 130 valence electrons. The average Bonchev–Trinajstić information content (AvgIpc) is 2.64. The molecule has 0 aliphatic heterocycles. The average molecular weight is 340 g/mol. The first-order chi connectivity index (χ1) is 12.0. The number of amides is 2. The molecule has 0 saturated carbocycles. The van der Waals surface area contributed by atoms with Crippen LogP contribution < -0.4 is 20.5 Å². The number of ether oxygens (including phenoxy) is 2. The molecule has 0 saturated heterocycles. The van der Waals surface area contributed by atoms with Crippen molar-refractivity contribution in [2.75, 3.05) is 14.2 Å². The summed E-state index contributed by atoms with van der Waals surface area (Å²) in [6.07, 6.45) is 3.11. The molecule has 2 rings (SSSR count). The van der Waals surface area contributed by atoms with Crippen molar-refractivity contribution in [3.05, 3.63) is 65.2 Å². The Hall–Kier alpha value is -3.28. The summed E-state index contributed by atoms with van der Waals surface area (Å²) in [6, 6.07) is 12.2. The summed E-state index contributed by atoms with van der Waals surface area (Å²) in [5.74, 6) is 0.465. The van der Waals surface area contributed by atoms with Crippen LogP contribution >= 0.6 is 0 Å². The summed E-state index contributed by atoms with van der Waals surface area (Å²) < 4.78 is 10.4. The van der Waals surface area contributed by atoms with Gasteiger partial charge in [0, 0.05) is 18.2 Å². The third-order valence-corrected chi connectivity index (χ3v) is 3.51. The van der Waals surface area contributed by atoms with Crippen molar-refractivity contribution in [3.8, 4) is 11.5 Å². The predicted octanol–water partition coefficient (Wildman–Crippen LogP) is 2.13. The summed E-state index contributed by atoms with van der Waals surface area (Å²) in [5, 5.41) is 2.75. The monoisotopic (exact) mass is 340 g/mol. The summed E-state index contributed by atoms with van der Waals surface area (Å²) in [5.41, 5.74) is 7.25. The number of nitrogens with one attached hydrogen (secondary N) is 1. The molecule has 25 heavy (non-hydrogen) atoms. The van der Waals surface area contributed by atoms with Gasteiger partial charge in [-0.05, 0) is 41.5 Å². The Morgan fingerprint density at radius 2 is 1.84 bits per heavy atom. The standard InChI is InChI=1S/C19H20N2O4/c1-24-16-8-6-13(11-17(16)25-2)7-9-18(22)21-12-14-4-3-5-15(10-14)19(20)23/h3-11H,12H2,1-2H3,(H2,20,23)(H,21,22)/b9-7+. The number of benzene rings is 2. The van der Waals surface area contributed by atoms with Crippen molar-refractivity contribution in [3.63, 3.8) is 0 Å². The van der Waals surface area contributed by atoms with Gasteiger partial charge < -0.3 is 20.5 Å². The van der Waals surface area contributed by atoms with Crippen LogP contribution in [0.2, 0.25) is 0 Å². The maximum Gasteiger partial charge on any atom is 0.248 e. The van der Waals surface area contributed by atoms with Crippen LogP contribution in [0.4, 0.5) is 0 Å². The van der Waals surface area contributed by atoms with Crippen LogP contribution in [0.3, 0.4) is 0 Å². The SMILES string of the molecule is COc1ccc(/C=C/C(=O)NCc2cccc(C(N)=O)c2)cc1OC. The van der Waals surface area contributed by atoms with E-state index in [1.807, 2.05) is 12.1 Å². The Labute approximate surface area is 146 Å². The minimum atomic E-state index is -0.499. The minimum Gasteiger partial charge on any atom is -0.493 e. The molecule has 0 aliphatic rings. The van der Waals surface area contributed by atoms with Crippen LogP contribution in [0.1, 0.15) is 21.5 Å². The van der Waals surface area contributed by atoms with Gasteiger partial charge in [0.1, 0.15) is 0 Å². The van der Waals surface area contributed by atoms with Gasteiger partial charge in [0.05, 0.1) is 14.2 Å². The first-order valence-corrected chi connectivity index (χ1v) is 7.60. The van der Waals surface area contributed by atoms with Gasteiger partial charge in [-0.3, -0.25) is 9.59 Å². The molecule has 3 N–H and O–H groups in total. The fourth-order valence-corrected chi connectivity index (χ4v) is 2.21. The van der Waals surface area contributed by atoms with Crippen LogP contribution in [0.15, 0.2) is 48.5 Å². The molecular weight excluding hydrogens is 320 g/mol. The molecule has 0 spiro atoms. The molecule has 6 heteroatoms. The van der Waals surface area contributed by atoms with E-state index in [1.165, 1.54) is 6.08 Å². The van der Waals surface area contributed by atoms with Gasteiger partial charge in [0.2, 0.25) is 11.8 Å². The lowest BCUT2D eigenvalue weighted by Crippen LogP contribution is -2.20. The number of methoxy groups -OCH3 is 2. The van der Waals surface area contributed by atoms with E-state index >= 15 is 0 Å². The topological polar surface area (TPSA) is 90.6 Å². The number of primary amides is 1. The number of carbonyl (C=O) groups excluding carboxylic acids is 2. The lowest BCUT2D eigenvalue weighted by atomic mass is 10.1. The first kappa shape index (κ1) is 18.1. The molecule has 0 heterocycles. The Morgan fingerprint density at radius 1 is 1.08 bits per heavy atom. The van der Waals surface area contributed by atoms with E-state index in [0.29, 0.717) is 23.6 Å². The molecule has 0 radical (unpaired) electrons. The highest BCUT2D eigenvalue weighted by Crippen LogP contribution is 2.27. The lowest BCUT2D eigenvalue weighted by Gasteiger charge is -2.07. The normalized spacial score (nSPS) is 10.5. The van der Waals surface area contributed by atoms with Crippen molar-refractivity contribution in [2.24, 2.45) is 5.73 Å². The van der Waals surface area contributed by atoms with Gasteiger partial charge in [0.15, 0.2) is 11.5 Å². The van der Waals surface area contributed by atoms with E-state index in [4.69, 9.17) is 15.2 Å². The lowest BCUT2D eigenvalue weighted by molar-refractivity contribution is -0.116. The zero-order valence-electron chi connectivity index (χ0n) is 14.1. The van der Waals surface area contributed by atoms with Crippen LogP contribution in [-0.2, 0) is 11.3 Å². The van der Waals surface area contributed by atoms with Gasteiger partial charge in [0.25, 0.3) is 0 Å². The minimum absolute atomic E-state index is 0.251. The van der Waals surface area contributed by atoms with Gasteiger partial charge in [-0.1, -0.05) is 18.2 Å². The Balaban J connectivity index is 1.97. The van der Waals surface area contributed by atoms with E-state index in [2.05, 4.69) is 5.32 Å². The molecule has 0 aromatic heterocycles. The van der Waals surface area contributed by atoms with Crippen molar-refractivity contribution in [1.29, 1.82) is 0 Å².